The van der Waals surface area contributed by atoms with Crippen molar-refractivity contribution in [3.05, 3.63) is 88.4 Å². The second kappa shape index (κ2) is 8.41. The van der Waals surface area contributed by atoms with E-state index in [1.165, 1.54) is 11.1 Å². The van der Waals surface area contributed by atoms with E-state index < -0.39 is 11.5 Å². The maximum Gasteiger partial charge on any atom is 0.329 e. The van der Waals surface area contributed by atoms with Crippen LogP contribution in [0.3, 0.4) is 0 Å². The van der Waals surface area contributed by atoms with Crippen molar-refractivity contribution in [3.63, 3.8) is 0 Å². The number of rotatable bonds is 5. The van der Waals surface area contributed by atoms with E-state index in [0.29, 0.717) is 12.8 Å². The number of nitrogens with one attached hydrogen (secondary N) is 1. The highest BCUT2D eigenvalue weighted by Crippen LogP contribution is 2.53. The van der Waals surface area contributed by atoms with E-state index in [4.69, 9.17) is 4.74 Å². The number of fused-ring (bicyclic) bond motifs is 2. The minimum absolute atomic E-state index is 0.235. The van der Waals surface area contributed by atoms with Crippen molar-refractivity contribution in [3.8, 4) is 5.75 Å². The number of aliphatic carboxylic acids is 1. The van der Waals surface area contributed by atoms with Crippen LogP contribution < -0.4 is 15.0 Å². The lowest BCUT2D eigenvalue weighted by atomic mass is 9.69. The molecule has 5 nitrogen and oxygen atoms in total. The van der Waals surface area contributed by atoms with Gasteiger partial charge in [-0.2, -0.15) is 0 Å². The number of halogens is 1. The third-order valence-corrected chi connectivity index (χ3v) is 7.77. The quantitative estimate of drug-likeness (QED) is 0.432. The summed E-state index contributed by atoms with van der Waals surface area (Å²) in [5.74, 6) is 0.0298. The molecule has 1 aliphatic heterocycles. The van der Waals surface area contributed by atoms with Gasteiger partial charge in [-0.05, 0) is 67.1 Å². The summed E-state index contributed by atoms with van der Waals surface area (Å²) in [6.45, 7) is 0.808. The smallest absolute Gasteiger partial charge is 0.329 e. The molecule has 0 saturated heterocycles. The van der Waals surface area contributed by atoms with Crippen LogP contribution in [0.1, 0.15) is 36.8 Å². The number of carbonyl (C=O) groups is 1. The number of hydrogen-bond donors (Lipinski definition) is 2. The Bertz CT molecular complexity index is 1190. The van der Waals surface area contributed by atoms with E-state index in [-0.39, 0.29) is 5.54 Å². The minimum Gasteiger partial charge on any atom is -0.497 e. The van der Waals surface area contributed by atoms with E-state index in [1.807, 2.05) is 36.4 Å². The summed E-state index contributed by atoms with van der Waals surface area (Å²) in [5, 5.41) is 13.7. The van der Waals surface area contributed by atoms with Crippen LogP contribution in [0.2, 0.25) is 0 Å². The van der Waals surface area contributed by atoms with Gasteiger partial charge in [0.25, 0.3) is 0 Å². The van der Waals surface area contributed by atoms with E-state index in [1.54, 1.807) is 7.11 Å². The average molecular weight is 507 g/mol. The molecular formula is C27H27BrN2O3. The standard InChI is InChI=1S/C27H27BrN2O3/c1-33-23-10-5-9-22(17-23)30-18-19-6-2-3-11-24(19)27(30)14-12-26(13-15-27,25(31)32)29-21-8-4-7-20(28)16-21/h2-11,16-17,29H,12-15,18H2,1H3,(H,31,32). The van der Waals surface area contributed by atoms with Crippen molar-refractivity contribution in [2.75, 3.05) is 17.3 Å². The molecule has 170 valence electrons. The first-order valence-corrected chi connectivity index (χ1v) is 12.0. The molecule has 2 aliphatic rings. The Morgan fingerprint density at radius 3 is 2.48 bits per heavy atom. The van der Waals surface area contributed by atoms with E-state index in [2.05, 4.69) is 62.5 Å². The van der Waals surface area contributed by atoms with Gasteiger partial charge in [0, 0.05) is 28.5 Å². The maximum atomic E-state index is 12.5. The van der Waals surface area contributed by atoms with Crippen molar-refractivity contribution in [1.82, 2.24) is 0 Å². The topological polar surface area (TPSA) is 61.8 Å². The van der Waals surface area contributed by atoms with Gasteiger partial charge in [0.15, 0.2) is 0 Å². The van der Waals surface area contributed by atoms with Crippen LogP contribution in [0.4, 0.5) is 11.4 Å². The van der Waals surface area contributed by atoms with Gasteiger partial charge < -0.3 is 20.1 Å². The lowest BCUT2D eigenvalue weighted by Crippen LogP contribution is -2.55. The molecule has 0 atom stereocenters. The lowest BCUT2D eigenvalue weighted by molar-refractivity contribution is -0.144. The average Bonchev–Trinajstić information content (AvgIpc) is 3.15. The molecule has 0 radical (unpaired) electrons. The van der Waals surface area contributed by atoms with Gasteiger partial charge in [-0.25, -0.2) is 4.79 Å². The van der Waals surface area contributed by atoms with Gasteiger partial charge in [-0.15, -0.1) is 0 Å². The molecule has 0 aromatic heterocycles. The number of carboxylic acid groups (broad SMARTS) is 1. The zero-order valence-corrected chi connectivity index (χ0v) is 20.1. The first-order chi connectivity index (χ1) is 16.0. The fourth-order valence-electron chi connectivity index (χ4n) is 5.56. The fourth-order valence-corrected chi connectivity index (χ4v) is 5.96. The molecule has 6 heteroatoms. The van der Waals surface area contributed by atoms with E-state index in [0.717, 1.165) is 41.0 Å². The van der Waals surface area contributed by atoms with Crippen LogP contribution >= 0.6 is 15.9 Å². The molecule has 33 heavy (non-hydrogen) atoms. The second-order valence-electron chi connectivity index (χ2n) is 9.00. The Labute approximate surface area is 202 Å². The van der Waals surface area contributed by atoms with Crippen molar-refractivity contribution in [1.29, 1.82) is 0 Å². The monoisotopic (exact) mass is 506 g/mol. The number of anilines is 2. The maximum absolute atomic E-state index is 12.5. The Morgan fingerprint density at radius 2 is 1.76 bits per heavy atom. The Morgan fingerprint density at radius 1 is 1.00 bits per heavy atom. The molecular weight excluding hydrogens is 480 g/mol. The predicted molar refractivity (Wildman–Crippen MR) is 134 cm³/mol. The first kappa shape index (κ1) is 21.8. The van der Waals surface area contributed by atoms with Crippen molar-refractivity contribution in [2.24, 2.45) is 0 Å². The van der Waals surface area contributed by atoms with E-state index in [9.17, 15) is 9.90 Å². The summed E-state index contributed by atoms with van der Waals surface area (Å²) in [7, 11) is 1.68. The Balaban J connectivity index is 1.51. The van der Waals surface area contributed by atoms with Gasteiger partial charge >= 0.3 is 5.97 Å². The normalized spacial score (nSPS) is 23.9. The minimum atomic E-state index is -0.996. The molecule has 1 fully saturated rings. The van der Waals surface area contributed by atoms with Crippen LogP contribution in [-0.2, 0) is 16.9 Å². The molecule has 0 amide bonds. The molecule has 2 N–H and O–H groups in total. The molecule has 5 rings (SSSR count). The molecule has 1 saturated carbocycles. The zero-order chi connectivity index (χ0) is 23.1. The number of hydrogen-bond acceptors (Lipinski definition) is 4. The molecule has 1 spiro atoms. The first-order valence-electron chi connectivity index (χ1n) is 11.2. The van der Waals surface area contributed by atoms with Crippen molar-refractivity contribution < 1.29 is 14.6 Å². The third kappa shape index (κ3) is 3.76. The molecule has 3 aromatic rings. The molecule has 0 unspecified atom stereocenters. The highest BCUT2D eigenvalue weighted by atomic mass is 79.9. The Hall–Kier alpha value is -2.99. The number of carboxylic acids is 1. The summed E-state index contributed by atoms with van der Waals surface area (Å²) >= 11 is 3.49. The molecule has 3 aromatic carbocycles. The summed E-state index contributed by atoms with van der Waals surface area (Å²) in [6.07, 6.45) is 2.55. The summed E-state index contributed by atoms with van der Waals surface area (Å²) in [6, 6.07) is 24.5. The van der Waals surface area contributed by atoms with Gasteiger partial charge in [-0.1, -0.05) is 52.3 Å². The summed E-state index contributed by atoms with van der Waals surface area (Å²) < 4.78 is 6.41. The molecule has 1 heterocycles. The van der Waals surface area contributed by atoms with Gasteiger partial charge in [0.1, 0.15) is 11.3 Å². The largest absolute Gasteiger partial charge is 0.497 e. The highest BCUT2D eigenvalue weighted by molar-refractivity contribution is 9.10. The number of benzene rings is 3. The third-order valence-electron chi connectivity index (χ3n) is 7.28. The summed E-state index contributed by atoms with van der Waals surface area (Å²) in [5.41, 5.74) is 3.31. The molecule has 0 bridgehead atoms. The fraction of sp³-hybridized carbons (Fsp3) is 0.296. The second-order valence-corrected chi connectivity index (χ2v) is 9.91. The molecule has 1 aliphatic carbocycles. The van der Waals surface area contributed by atoms with Crippen molar-refractivity contribution >= 4 is 33.3 Å². The van der Waals surface area contributed by atoms with Crippen molar-refractivity contribution in [2.45, 2.75) is 43.3 Å². The Kier molecular flexibility index (Phi) is 5.57. The lowest BCUT2D eigenvalue weighted by Gasteiger charge is -2.49. The zero-order valence-electron chi connectivity index (χ0n) is 18.6. The number of ether oxygens (including phenoxy) is 1. The van der Waals surface area contributed by atoms with Crippen LogP contribution in [0.5, 0.6) is 5.75 Å². The number of nitrogens with zero attached hydrogens (tertiary/aromatic N) is 1. The predicted octanol–water partition coefficient (Wildman–Crippen LogP) is 6.18. The highest BCUT2D eigenvalue weighted by Gasteiger charge is 2.53. The summed E-state index contributed by atoms with van der Waals surface area (Å²) in [4.78, 5) is 15.0. The van der Waals surface area contributed by atoms with Crippen LogP contribution in [0, 0.1) is 0 Å². The van der Waals surface area contributed by atoms with Gasteiger partial charge in [-0.3, -0.25) is 0 Å². The van der Waals surface area contributed by atoms with Gasteiger partial charge in [0.2, 0.25) is 0 Å². The van der Waals surface area contributed by atoms with E-state index >= 15 is 0 Å². The SMILES string of the molecule is COc1cccc(N2Cc3ccccc3C23CCC(Nc2cccc(Br)c2)(C(=O)O)CC3)c1. The van der Waals surface area contributed by atoms with Crippen LogP contribution in [-0.4, -0.2) is 23.7 Å². The van der Waals surface area contributed by atoms with Crippen LogP contribution in [0.15, 0.2) is 77.3 Å². The van der Waals surface area contributed by atoms with Crippen LogP contribution in [0.25, 0.3) is 0 Å². The van der Waals surface area contributed by atoms with Gasteiger partial charge in [0.05, 0.1) is 12.6 Å². The number of methoxy groups -OCH3 is 1.